The number of nitro benzene ring substituents is 2. The molecule has 0 saturated carbocycles. The summed E-state index contributed by atoms with van der Waals surface area (Å²) >= 11 is 6.65. The predicted octanol–water partition coefficient (Wildman–Crippen LogP) is 4.68. The highest BCUT2D eigenvalue weighted by Crippen LogP contribution is 2.44. The second kappa shape index (κ2) is 6.20. The Morgan fingerprint density at radius 1 is 1.21 bits per heavy atom. The maximum atomic E-state index is 12.8. The monoisotopic (exact) mass is 382 g/mol. The molecule has 0 radical (unpaired) electrons. The van der Waals surface area contributed by atoms with E-state index < -0.39 is 38.6 Å². The summed E-state index contributed by atoms with van der Waals surface area (Å²) in [7, 11) is 0. The van der Waals surface area contributed by atoms with E-state index in [2.05, 4.69) is 9.69 Å². The molecule has 1 aromatic heterocycles. The van der Waals surface area contributed by atoms with E-state index in [0.29, 0.717) is 5.69 Å². The SMILES string of the molecule is Cc1nsc(Nc2c([N+](=O)[O-])cc(C(F)(F)F)cc2[N+](=O)[O-])c1Cl. The van der Waals surface area contributed by atoms with Crippen LogP contribution in [0.15, 0.2) is 12.1 Å². The van der Waals surface area contributed by atoms with Crippen LogP contribution < -0.4 is 5.32 Å². The fourth-order valence-corrected chi connectivity index (χ4v) is 2.68. The van der Waals surface area contributed by atoms with Crippen LogP contribution >= 0.6 is 23.1 Å². The molecule has 2 rings (SSSR count). The van der Waals surface area contributed by atoms with Crippen LogP contribution in [-0.2, 0) is 6.18 Å². The summed E-state index contributed by atoms with van der Waals surface area (Å²) in [5, 5.41) is 24.6. The molecule has 8 nitrogen and oxygen atoms in total. The molecule has 24 heavy (non-hydrogen) atoms. The van der Waals surface area contributed by atoms with Crippen LogP contribution in [0.2, 0.25) is 5.02 Å². The third-order valence-electron chi connectivity index (χ3n) is 2.85. The van der Waals surface area contributed by atoms with Crippen molar-refractivity contribution in [2.24, 2.45) is 0 Å². The molecule has 0 bridgehead atoms. The molecule has 13 heteroatoms. The van der Waals surface area contributed by atoms with Crippen LogP contribution in [0, 0.1) is 27.2 Å². The first kappa shape index (κ1) is 17.9. The highest BCUT2D eigenvalue weighted by molar-refractivity contribution is 7.11. The lowest BCUT2D eigenvalue weighted by Crippen LogP contribution is -2.09. The van der Waals surface area contributed by atoms with Gasteiger partial charge in [0.25, 0.3) is 11.4 Å². The molecule has 0 atom stereocenters. The number of nitro groups is 2. The molecule has 0 unspecified atom stereocenters. The minimum absolute atomic E-state index is 0.0418. The Balaban J connectivity index is 2.70. The van der Waals surface area contributed by atoms with Gasteiger partial charge in [-0.2, -0.15) is 17.5 Å². The lowest BCUT2D eigenvalue weighted by molar-refractivity contribution is -0.392. The van der Waals surface area contributed by atoms with Gasteiger partial charge in [0.2, 0.25) is 0 Å². The molecule has 2 aromatic rings. The zero-order valence-corrected chi connectivity index (χ0v) is 13.1. The van der Waals surface area contributed by atoms with Crippen LogP contribution in [0.1, 0.15) is 11.3 Å². The molecule has 0 fully saturated rings. The number of hydrogen-bond donors (Lipinski definition) is 1. The predicted molar refractivity (Wildman–Crippen MR) is 79.9 cm³/mol. The second-order valence-electron chi connectivity index (χ2n) is 4.44. The van der Waals surface area contributed by atoms with E-state index in [0.717, 1.165) is 11.5 Å². The first-order valence-corrected chi connectivity index (χ1v) is 7.10. The Bertz CT molecular complexity index is 804. The van der Waals surface area contributed by atoms with Crippen LogP contribution in [0.5, 0.6) is 0 Å². The van der Waals surface area contributed by atoms with Gasteiger partial charge in [0.1, 0.15) is 5.00 Å². The topological polar surface area (TPSA) is 111 Å². The Kier molecular flexibility index (Phi) is 4.62. The fraction of sp³-hybridized carbons (Fsp3) is 0.182. The van der Waals surface area contributed by atoms with Crippen LogP contribution in [0.4, 0.5) is 35.2 Å². The van der Waals surface area contributed by atoms with Gasteiger partial charge in [0.15, 0.2) is 5.69 Å². The number of halogens is 4. The molecule has 0 aliphatic carbocycles. The normalized spacial score (nSPS) is 11.4. The van der Waals surface area contributed by atoms with Crippen molar-refractivity contribution in [1.82, 2.24) is 4.37 Å². The Hall–Kier alpha value is -2.47. The van der Waals surface area contributed by atoms with Crippen molar-refractivity contribution in [3.8, 4) is 0 Å². The van der Waals surface area contributed by atoms with Gasteiger partial charge >= 0.3 is 6.18 Å². The van der Waals surface area contributed by atoms with Gasteiger partial charge < -0.3 is 5.32 Å². The number of nitrogens with zero attached hydrogens (tertiary/aromatic N) is 3. The summed E-state index contributed by atoms with van der Waals surface area (Å²) in [5.74, 6) is 0. The van der Waals surface area contributed by atoms with E-state index in [4.69, 9.17) is 11.6 Å². The smallest absolute Gasteiger partial charge is 0.333 e. The molecule has 0 spiro atoms. The highest BCUT2D eigenvalue weighted by atomic mass is 35.5. The van der Waals surface area contributed by atoms with Gasteiger partial charge in [-0.1, -0.05) is 11.6 Å². The van der Waals surface area contributed by atoms with Crippen molar-refractivity contribution >= 4 is 45.2 Å². The van der Waals surface area contributed by atoms with E-state index in [1.165, 1.54) is 6.92 Å². The van der Waals surface area contributed by atoms with Gasteiger partial charge in [0, 0.05) is 12.1 Å². The molecule has 128 valence electrons. The van der Waals surface area contributed by atoms with E-state index in [-0.39, 0.29) is 22.2 Å². The molecule has 0 aliphatic heterocycles. The van der Waals surface area contributed by atoms with Crippen LogP contribution in [0.3, 0.4) is 0 Å². The van der Waals surface area contributed by atoms with Crippen molar-refractivity contribution < 1.29 is 23.0 Å². The highest BCUT2D eigenvalue weighted by Gasteiger charge is 2.38. The standard InChI is InChI=1S/C11H6ClF3N4O4S/c1-4-8(12)10(24-17-4)16-9-6(18(20)21)2-5(11(13,14)15)3-7(9)19(22)23/h2-3,16H,1H3. The third kappa shape index (κ3) is 3.38. The minimum atomic E-state index is -4.98. The molecule has 1 N–H and O–H groups in total. The summed E-state index contributed by atoms with van der Waals surface area (Å²) in [6, 6.07) is 0.439. The zero-order chi connectivity index (χ0) is 18.2. The first-order chi connectivity index (χ1) is 11.0. The first-order valence-electron chi connectivity index (χ1n) is 5.95. The number of nitrogens with one attached hydrogen (secondary N) is 1. The number of alkyl halides is 3. The molecule has 0 saturated heterocycles. The van der Waals surface area contributed by atoms with Gasteiger partial charge in [-0.25, -0.2) is 0 Å². The van der Waals surface area contributed by atoms with Gasteiger partial charge in [0.05, 0.1) is 26.1 Å². The van der Waals surface area contributed by atoms with E-state index in [1.807, 2.05) is 0 Å². The number of hydrogen-bond acceptors (Lipinski definition) is 7. The maximum absolute atomic E-state index is 12.8. The minimum Gasteiger partial charge on any atom is -0.333 e. The van der Waals surface area contributed by atoms with Crippen LogP contribution in [-0.4, -0.2) is 14.2 Å². The molecule has 1 aromatic carbocycles. The summed E-state index contributed by atoms with van der Waals surface area (Å²) in [5.41, 5.74) is -4.04. The summed E-state index contributed by atoms with van der Waals surface area (Å²) in [6.07, 6.45) is -4.98. The van der Waals surface area contributed by atoms with E-state index >= 15 is 0 Å². The largest absolute Gasteiger partial charge is 0.416 e. The van der Waals surface area contributed by atoms with E-state index in [1.54, 1.807) is 0 Å². The lowest BCUT2D eigenvalue weighted by Gasteiger charge is -2.10. The van der Waals surface area contributed by atoms with Crippen molar-refractivity contribution in [3.63, 3.8) is 0 Å². The number of aromatic nitrogens is 1. The molecular formula is C11H6ClF3N4O4S. The maximum Gasteiger partial charge on any atom is 0.416 e. The van der Waals surface area contributed by atoms with E-state index in [9.17, 15) is 33.4 Å². The molecule has 0 amide bonds. The fourth-order valence-electron chi connectivity index (χ4n) is 1.74. The van der Waals surface area contributed by atoms with Gasteiger partial charge in [-0.05, 0) is 18.5 Å². The molecular weight excluding hydrogens is 377 g/mol. The van der Waals surface area contributed by atoms with Crippen molar-refractivity contribution in [2.45, 2.75) is 13.1 Å². The molecule has 0 aliphatic rings. The number of rotatable bonds is 4. The quantitative estimate of drug-likeness (QED) is 0.606. The van der Waals surface area contributed by atoms with Gasteiger partial charge in [-0.15, -0.1) is 0 Å². The lowest BCUT2D eigenvalue weighted by atomic mass is 10.1. The summed E-state index contributed by atoms with van der Waals surface area (Å²) in [6.45, 7) is 1.53. The van der Waals surface area contributed by atoms with Crippen molar-refractivity contribution in [2.75, 3.05) is 5.32 Å². The second-order valence-corrected chi connectivity index (χ2v) is 5.59. The Labute approximate surface area is 140 Å². The molecule has 1 heterocycles. The zero-order valence-electron chi connectivity index (χ0n) is 11.5. The van der Waals surface area contributed by atoms with Crippen molar-refractivity contribution in [1.29, 1.82) is 0 Å². The average Bonchev–Trinajstić information content (AvgIpc) is 2.77. The Morgan fingerprint density at radius 2 is 1.71 bits per heavy atom. The third-order valence-corrected chi connectivity index (χ3v) is 4.28. The van der Waals surface area contributed by atoms with Crippen LogP contribution in [0.25, 0.3) is 0 Å². The average molecular weight is 383 g/mol. The van der Waals surface area contributed by atoms with Crippen molar-refractivity contribution in [3.05, 3.63) is 48.6 Å². The Morgan fingerprint density at radius 3 is 2.04 bits per heavy atom. The summed E-state index contributed by atoms with van der Waals surface area (Å²) < 4.78 is 42.3. The van der Waals surface area contributed by atoms with Gasteiger partial charge in [-0.3, -0.25) is 20.2 Å². The number of aryl methyl sites for hydroxylation is 1. The number of benzene rings is 1. The number of anilines is 2. The summed E-state index contributed by atoms with van der Waals surface area (Å²) in [4.78, 5) is 19.9.